The highest BCUT2D eigenvalue weighted by atomic mass is 35.5. The smallest absolute Gasteiger partial charge is 0.264 e. The lowest BCUT2D eigenvalue weighted by Gasteiger charge is -2.38. The molecule has 1 saturated heterocycles. The van der Waals surface area contributed by atoms with Crippen molar-refractivity contribution in [3.63, 3.8) is 0 Å². The van der Waals surface area contributed by atoms with E-state index in [0.717, 1.165) is 10.4 Å². The summed E-state index contributed by atoms with van der Waals surface area (Å²) in [5.74, 6) is -0.0624. The Bertz CT molecular complexity index is 711. The molecule has 2 N–H and O–H groups in total. The van der Waals surface area contributed by atoms with Crippen molar-refractivity contribution in [1.82, 2.24) is 9.80 Å². The largest absolute Gasteiger partial charge is 0.337 e. The number of benzene rings is 1. The van der Waals surface area contributed by atoms with Crippen molar-refractivity contribution in [3.05, 3.63) is 58.3 Å². The molecule has 0 bridgehead atoms. The predicted molar refractivity (Wildman–Crippen MR) is 102 cm³/mol. The molecule has 1 aliphatic rings. The first-order valence-corrected chi connectivity index (χ1v) is 8.84. The quantitative estimate of drug-likeness (QED) is 0.890. The second-order valence-corrected chi connectivity index (χ2v) is 7.08. The maximum atomic E-state index is 12.8. The molecular formula is C18H22ClN3O2S. The number of nitrogens with zero attached hydrogens (tertiary/aromatic N) is 2. The fourth-order valence-electron chi connectivity index (χ4n) is 2.91. The van der Waals surface area contributed by atoms with Gasteiger partial charge < -0.3 is 15.5 Å². The Morgan fingerprint density at radius 2 is 1.60 bits per heavy atom. The van der Waals surface area contributed by atoms with Crippen LogP contribution in [0.3, 0.4) is 0 Å². The molecule has 2 aromatic rings. The summed E-state index contributed by atoms with van der Waals surface area (Å²) in [6.07, 6.45) is 0. The van der Waals surface area contributed by atoms with Gasteiger partial charge in [-0.2, -0.15) is 0 Å². The minimum absolute atomic E-state index is 0. The van der Waals surface area contributed by atoms with Gasteiger partial charge in [-0.05, 0) is 23.9 Å². The van der Waals surface area contributed by atoms with E-state index in [1.54, 1.807) is 16.7 Å². The van der Waals surface area contributed by atoms with Gasteiger partial charge in [-0.15, -0.1) is 23.7 Å². The molecule has 1 aliphatic heterocycles. The van der Waals surface area contributed by atoms with Crippen LogP contribution in [0.25, 0.3) is 0 Å². The minimum atomic E-state index is -1.05. The Morgan fingerprint density at radius 1 is 1.00 bits per heavy atom. The molecule has 0 radical (unpaired) electrons. The zero-order chi connectivity index (χ0) is 17.2. The lowest BCUT2D eigenvalue weighted by molar-refractivity contribution is -0.138. The highest BCUT2D eigenvalue weighted by Crippen LogP contribution is 2.22. The Morgan fingerprint density at radius 3 is 2.16 bits per heavy atom. The van der Waals surface area contributed by atoms with E-state index in [9.17, 15) is 9.59 Å². The summed E-state index contributed by atoms with van der Waals surface area (Å²) in [5, 5.41) is 1.90. The van der Waals surface area contributed by atoms with Crippen molar-refractivity contribution in [2.24, 2.45) is 5.73 Å². The van der Waals surface area contributed by atoms with E-state index in [4.69, 9.17) is 5.73 Å². The van der Waals surface area contributed by atoms with Crippen molar-refractivity contribution < 1.29 is 9.59 Å². The number of nitrogens with two attached hydrogens (primary N) is 1. The SMILES string of the molecule is CC(N)(C(=O)N1CCN(C(=O)c2cccs2)CC1)c1ccccc1.Cl. The Balaban J connectivity index is 0.00000225. The first-order valence-electron chi connectivity index (χ1n) is 7.96. The number of piperazine rings is 1. The number of halogens is 1. The third-order valence-electron chi connectivity index (χ3n) is 4.40. The molecule has 2 heterocycles. The normalized spacial score (nSPS) is 16.7. The molecule has 1 atom stereocenters. The van der Waals surface area contributed by atoms with Crippen molar-refractivity contribution in [1.29, 1.82) is 0 Å². The number of hydrogen-bond acceptors (Lipinski definition) is 4. The zero-order valence-electron chi connectivity index (χ0n) is 14.1. The van der Waals surface area contributed by atoms with Crippen molar-refractivity contribution in [2.45, 2.75) is 12.5 Å². The fraction of sp³-hybridized carbons (Fsp3) is 0.333. The van der Waals surface area contributed by atoms with Gasteiger partial charge in [0, 0.05) is 26.2 Å². The Hall–Kier alpha value is -1.89. The summed E-state index contributed by atoms with van der Waals surface area (Å²) in [5.41, 5.74) is 6.06. The van der Waals surface area contributed by atoms with Crippen molar-refractivity contribution in [2.75, 3.05) is 26.2 Å². The van der Waals surface area contributed by atoms with Crippen LogP contribution in [0.15, 0.2) is 47.8 Å². The van der Waals surface area contributed by atoms with Gasteiger partial charge in [0.2, 0.25) is 5.91 Å². The van der Waals surface area contributed by atoms with Crippen LogP contribution in [0.2, 0.25) is 0 Å². The van der Waals surface area contributed by atoms with Gasteiger partial charge in [-0.3, -0.25) is 9.59 Å². The van der Waals surface area contributed by atoms with Crippen molar-refractivity contribution in [3.8, 4) is 0 Å². The second kappa shape index (κ2) is 7.99. The van der Waals surface area contributed by atoms with Gasteiger partial charge >= 0.3 is 0 Å². The first kappa shape index (κ1) is 19.4. The van der Waals surface area contributed by atoms with Gasteiger partial charge in [-0.1, -0.05) is 36.4 Å². The maximum absolute atomic E-state index is 12.8. The first-order chi connectivity index (χ1) is 11.5. The number of carbonyl (C=O) groups excluding carboxylic acids is 2. The third-order valence-corrected chi connectivity index (χ3v) is 5.26. The summed E-state index contributed by atoms with van der Waals surface area (Å²) in [6, 6.07) is 13.1. The summed E-state index contributed by atoms with van der Waals surface area (Å²) in [4.78, 5) is 29.5. The van der Waals surface area contributed by atoms with E-state index in [-0.39, 0.29) is 24.2 Å². The molecule has 25 heavy (non-hydrogen) atoms. The predicted octanol–water partition coefficient (Wildman–Crippen LogP) is 2.33. The molecule has 1 aromatic carbocycles. The van der Waals surface area contributed by atoms with Gasteiger partial charge in [0.25, 0.3) is 5.91 Å². The summed E-state index contributed by atoms with van der Waals surface area (Å²) >= 11 is 1.44. The molecule has 134 valence electrons. The average Bonchev–Trinajstić information content (AvgIpc) is 3.16. The molecule has 0 saturated carbocycles. The van der Waals surface area contributed by atoms with Crippen molar-refractivity contribution >= 4 is 35.6 Å². The molecule has 1 unspecified atom stereocenters. The Kier molecular flexibility index (Phi) is 6.21. The number of thiophene rings is 1. The lowest BCUT2D eigenvalue weighted by Crippen LogP contribution is -2.57. The zero-order valence-corrected chi connectivity index (χ0v) is 15.7. The summed E-state index contributed by atoms with van der Waals surface area (Å²) in [6.45, 7) is 3.83. The van der Waals surface area contributed by atoms with Gasteiger partial charge in [0.15, 0.2) is 0 Å². The van der Waals surface area contributed by atoms with Crippen LogP contribution in [0.4, 0.5) is 0 Å². The molecular weight excluding hydrogens is 358 g/mol. The van der Waals surface area contributed by atoms with Crippen LogP contribution in [-0.4, -0.2) is 47.8 Å². The van der Waals surface area contributed by atoms with E-state index in [1.807, 2.05) is 47.8 Å². The highest BCUT2D eigenvalue weighted by Gasteiger charge is 2.36. The number of hydrogen-bond donors (Lipinski definition) is 1. The second-order valence-electron chi connectivity index (χ2n) is 6.13. The number of carbonyl (C=O) groups is 2. The van der Waals surface area contributed by atoms with Gasteiger partial charge in [-0.25, -0.2) is 0 Å². The minimum Gasteiger partial charge on any atom is -0.337 e. The van der Waals surface area contributed by atoms with Crippen LogP contribution >= 0.6 is 23.7 Å². The van der Waals surface area contributed by atoms with Crippen LogP contribution in [0.1, 0.15) is 22.2 Å². The van der Waals surface area contributed by atoms with Crippen LogP contribution in [0, 0.1) is 0 Å². The summed E-state index contributed by atoms with van der Waals surface area (Å²) in [7, 11) is 0. The fourth-order valence-corrected chi connectivity index (χ4v) is 3.60. The molecule has 0 spiro atoms. The molecule has 3 rings (SSSR count). The van der Waals surface area contributed by atoms with E-state index >= 15 is 0 Å². The Labute approximate surface area is 157 Å². The highest BCUT2D eigenvalue weighted by molar-refractivity contribution is 7.12. The number of rotatable bonds is 3. The molecule has 1 fully saturated rings. The van der Waals surface area contributed by atoms with Crippen LogP contribution < -0.4 is 5.73 Å². The van der Waals surface area contributed by atoms with Gasteiger partial charge in [0.1, 0.15) is 5.54 Å². The maximum Gasteiger partial charge on any atom is 0.264 e. The van der Waals surface area contributed by atoms with Gasteiger partial charge in [0.05, 0.1) is 4.88 Å². The molecule has 0 aliphatic carbocycles. The summed E-state index contributed by atoms with van der Waals surface area (Å²) < 4.78 is 0. The standard InChI is InChI=1S/C18H21N3O2S.ClH/c1-18(19,14-6-3-2-4-7-14)17(23)21-11-9-20(10-12-21)16(22)15-8-5-13-24-15;/h2-8,13H,9-12,19H2,1H3;1H. The number of amides is 2. The van der Waals surface area contributed by atoms with Crippen LogP contribution in [0.5, 0.6) is 0 Å². The average molecular weight is 380 g/mol. The van der Waals surface area contributed by atoms with Crippen LogP contribution in [-0.2, 0) is 10.3 Å². The topological polar surface area (TPSA) is 66.6 Å². The van der Waals surface area contributed by atoms with E-state index < -0.39 is 5.54 Å². The monoisotopic (exact) mass is 379 g/mol. The molecule has 2 amide bonds. The van der Waals surface area contributed by atoms with E-state index in [0.29, 0.717) is 26.2 Å². The molecule has 1 aromatic heterocycles. The third kappa shape index (κ3) is 4.03. The van der Waals surface area contributed by atoms with E-state index in [1.165, 1.54) is 11.3 Å². The molecule has 7 heteroatoms. The lowest BCUT2D eigenvalue weighted by atomic mass is 9.91. The van der Waals surface area contributed by atoms with E-state index in [2.05, 4.69) is 0 Å². The molecule has 5 nitrogen and oxygen atoms in total.